The zero-order valence-electron chi connectivity index (χ0n) is 7.46. The highest BCUT2D eigenvalue weighted by Crippen LogP contribution is 2.04. The topological polar surface area (TPSA) is 113 Å². The third-order valence-corrected chi connectivity index (χ3v) is 1.74. The number of hydrogen-bond donors (Lipinski definition) is 6. The van der Waals surface area contributed by atoms with Crippen molar-refractivity contribution >= 4 is 0 Å². The largest absolute Gasteiger partial charge is 0.394 e. The van der Waals surface area contributed by atoms with Gasteiger partial charge in [-0.3, -0.25) is 0 Å². The van der Waals surface area contributed by atoms with Crippen LogP contribution < -0.4 is 5.32 Å². The van der Waals surface area contributed by atoms with Gasteiger partial charge >= 0.3 is 0 Å². The van der Waals surface area contributed by atoms with E-state index in [0.29, 0.717) is 0 Å². The second kappa shape index (κ2) is 6.25. The minimum Gasteiger partial charge on any atom is -0.394 e. The van der Waals surface area contributed by atoms with Crippen LogP contribution in [0.3, 0.4) is 0 Å². The summed E-state index contributed by atoms with van der Waals surface area (Å²) in [7, 11) is 1.57. The van der Waals surface area contributed by atoms with Gasteiger partial charge in [-0.25, -0.2) is 0 Å². The molecule has 0 spiro atoms. The molecular weight excluding hydrogens is 178 g/mol. The summed E-state index contributed by atoms with van der Waals surface area (Å²) in [6.45, 7) is -0.569. The van der Waals surface area contributed by atoms with Crippen LogP contribution in [-0.2, 0) is 0 Å². The van der Waals surface area contributed by atoms with Gasteiger partial charge in [0.15, 0.2) is 0 Å². The van der Waals surface area contributed by atoms with E-state index in [-0.39, 0.29) is 6.54 Å². The van der Waals surface area contributed by atoms with Crippen LogP contribution in [0.2, 0.25) is 0 Å². The SMILES string of the molecule is CNC[C@H](O)[C@@H](O)C(O)[C@H](O)CO. The highest BCUT2D eigenvalue weighted by Gasteiger charge is 2.29. The number of aliphatic hydroxyl groups excluding tert-OH is 5. The van der Waals surface area contributed by atoms with Crippen molar-refractivity contribution in [3.63, 3.8) is 0 Å². The molecule has 6 N–H and O–H groups in total. The van der Waals surface area contributed by atoms with E-state index in [1.807, 2.05) is 0 Å². The normalized spacial score (nSPS) is 20.8. The predicted octanol–water partition coefficient (Wildman–Crippen LogP) is -3.36. The van der Waals surface area contributed by atoms with E-state index in [2.05, 4.69) is 5.32 Å². The lowest BCUT2D eigenvalue weighted by atomic mass is 10.0. The average Bonchev–Trinajstić information content (AvgIpc) is 2.14. The molecule has 0 bridgehead atoms. The van der Waals surface area contributed by atoms with Gasteiger partial charge in [-0.15, -0.1) is 0 Å². The fourth-order valence-electron chi connectivity index (χ4n) is 0.893. The Morgan fingerprint density at radius 2 is 1.46 bits per heavy atom. The summed E-state index contributed by atoms with van der Waals surface area (Å²) < 4.78 is 0. The lowest BCUT2D eigenvalue weighted by Crippen LogP contribution is -2.48. The smallest absolute Gasteiger partial charge is 0.111 e. The Labute approximate surface area is 76.4 Å². The fraction of sp³-hybridized carbons (Fsp3) is 1.00. The fourth-order valence-corrected chi connectivity index (χ4v) is 0.893. The Hall–Kier alpha value is -0.240. The Kier molecular flexibility index (Phi) is 6.13. The number of likely N-dealkylation sites (N-methyl/N-ethyl adjacent to an activating group) is 1. The molecule has 6 heteroatoms. The van der Waals surface area contributed by atoms with Crippen molar-refractivity contribution in [1.29, 1.82) is 0 Å². The third-order valence-electron chi connectivity index (χ3n) is 1.74. The van der Waals surface area contributed by atoms with Crippen LogP contribution in [0.1, 0.15) is 0 Å². The van der Waals surface area contributed by atoms with Gasteiger partial charge in [0.05, 0.1) is 12.7 Å². The molecule has 0 rings (SSSR count). The lowest BCUT2D eigenvalue weighted by Gasteiger charge is -2.25. The summed E-state index contributed by atoms with van der Waals surface area (Å²) in [6.07, 6.45) is -5.65. The summed E-state index contributed by atoms with van der Waals surface area (Å²) in [5.41, 5.74) is 0. The molecule has 6 nitrogen and oxygen atoms in total. The Morgan fingerprint density at radius 1 is 1.00 bits per heavy atom. The Morgan fingerprint density at radius 3 is 1.85 bits per heavy atom. The first-order valence-electron chi connectivity index (χ1n) is 4.02. The summed E-state index contributed by atoms with van der Waals surface area (Å²) in [4.78, 5) is 0. The maximum Gasteiger partial charge on any atom is 0.111 e. The van der Waals surface area contributed by atoms with Gasteiger partial charge in [-0.2, -0.15) is 0 Å². The van der Waals surface area contributed by atoms with Gasteiger partial charge in [0.2, 0.25) is 0 Å². The van der Waals surface area contributed by atoms with Crippen molar-refractivity contribution in [2.24, 2.45) is 0 Å². The highest BCUT2D eigenvalue weighted by molar-refractivity contribution is 4.81. The minimum atomic E-state index is -1.55. The number of nitrogens with one attached hydrogen (secondary N) is 1. The number of aliphatic hydroxyl groups is 5. The van der Waals surface area contributed by atoms with Crippen LogP contribution in [0.15, 0.2) is 0 Å². The van der Waals surface area contributed by atoms with E-state index < -0.39 is 31.0 Å². The van der Waals surface area contributed by atoms with Gasteiger partial charge in [0.1, 0.15) is 18.3 Å². The molecule has 0 saturated carbocycles. The summed E-state index contributed by atoms with van der Waals surface area (Å²) in [5.74, 6) is 0. The first-order valence-corrected chi connectivity index (χ1v) is 4.02. The van der Waals surface area contributed by atoms with Crippen molar-refractivity contribution in [3.05, 3.63) is 0 Å². The lowest BCUT2D eigenvalue weighted by molar-refractivity contribution is -0.113. The molecule has 0 radical (unpaired) electrons. The van der Waals surface area contributed by atoms with E-state index in [1.165, 1.54) is 0 Å². The predicted molar refractivity (Wildman–Crippen MR) is 45.0 cm³/mol. The first-order chi connectivity index (χ1) is 6.04. The van der Waals surface area contributed by atoms with E-state index >= 15 is 0 Å². The molecule has 0 aromatic carbocycles. The molecule has 0 aromatic heterocycles. The molecule has 80 valence electrons. The number of rotatable bonds is 6. The van der Waals surface area contributed by atoms with Crippen LogP contribution in [0.5, 0.6) is 0 Å². The van der Waals surface area contributed by atoms with E-state index in [0.717, 1.165) is 0 Å². The van der Waals surface area contributed by atoms with Crippen molar-refractivity contribution in [2.45, 2.75) is 24.4 Å². The Bertz CT molecular complexity index is 134. The third kappa shape index (κ3) is 3.99. The minimum absolute atomic E-state index is 0.0936. The van der Waals surface area contributed by atoms with Gasteiger partial charge in [-0.05, 0) is 7.05 Å². The molecular formula is C7H17NO5. The zero-order valence-corrected chi connectivity index (χ0v) is 7.46. The van der Waals surface area contributed by atoms with Crippen molar-refractivity contribution in [3.8, 4) is 0 Å². The molecule has 13 heavy (non-hydrogen) atoms. The van der Waals surface area contributed by atoms with Gasteiger partial charge in [0.25, 0.3) is 0 Å². The molecule has 0 aliphatic carbocycles. The van der Waals surface area contributed by atoms with Crippen molar-refractivity contribution < 1.29 is 25.5 Å². The molecule has 0 heterocycles. The van der Waals surface area contributed by atoms with Gasteiger partial charge < -0.3 is 30.8 Å². The van der Waals surface area contributed by atoms with E-state index in [1.54, 1.807) is 7.05 Å². The molecule has 1 unspecified atom stereocenters. The summed E-state index contributed by atoms with van der Waals surface area (Å²) in [5, 5.41) is 47.5. The summed E-state index contributed by atoms with van der Waals surface area (Å²) >= 11 is 0. The Balaban J connectivity index is 3.99. The second-order valence-electron chi connectivity index (χ2n) is 2.86. The first kappa shape index (κ1) is 12.8. The van der Waals surface area contributed by atoms with Crippen LogP contribution >= 0.6 is 0 Å². The van der Waals surface area contributed by atoms with Crippen LogP contribution in [0.25, 0.3) is 0 Å². The monoisotopic (exact) mass is 195 g/mol. The zero-order chi connectivity index (χ0) is 10.4. The molecule has 0 aliphatic rings. The molecule has 0 aliphatic heterocycles. The maximum absolute atomic E-state index is 9.21. The molecule has 0 amide bonds. The molecule has 0 saturated heterocycles. The van der Waals surface area contributed by atoms with E-state index in [9.17, 15) is 5.11 Å². The standard InChI is InChI=1S/C7H17NO5/c1-8-2-4(10)6(12)7(13)5(11)3-9/h4-13H,2-3H2,1H3/t4-,5+,6+,7?/m0/s1. The van der Waals surface area contributed by atoms with Crippen molar-refractivity contribution in [1.82, 2.24) is 5.32 Å². The van der Waals surface area contributed by atoms with Crippen molar-refractivity contribution in [2.75, 3.05) is 20.2 Å². The van der Waals surface area contributed by atoms with E-state index in [4.69, 9.17) is 20.4 Å². The highest BCUT2D eigenvalue weighted by atomic mass is 16.4. The van der Waals surface area contributed by atoms with Crippen LogP contribution in [0, 0.1) is 0 Å². The van der Waals surface area contributed by atoms with Crippen LogP contribution in [-0.4, -0.2) is 70.1 Å². The maximum atomic E-state index is 9.21. The van der Waals surface area contributed by atoms with Gasteiger partial charge in [0, 0.05) is 6.54 Å². The molecule has 0 fully saturated rings. The summed E-state index contributed by atoms with van der Waals surface area (Å²) in [6, 6.07) is 0. The molecule has 4 atom stereocenters. The quantitative estimate of drug-likeness (QED) is 0.264. The average molecular weight is 195 g/mol. The second-order valence-corrected chi connectivity index (χ2v) is 2.86. The van der Waals surface area contributed by atoms with Gasteiger partial charge in [-0.1, -0.05) is 0 Å². The molecule has 0 aromatic rings. The van der Waals surface area contributed by atoms with Crippen LogP contribution in [0.4, 0.5) is 0 Å². The number of hydrogen-bond acceptors (Lipinski definition) is 6.